The molecule has 4 aromatic rings. The Bertz CT molecular complexity index is 1230. The van der Waals surface area contributed by atoms with E-state index in [4.69, 9.17) is 14.6 Å². The number of rotatable bonds is 9. The zero-order chi connectivity index (χ0) is 25.3. The van der Waals surface area contributed by atoms with E-state index in [0.717, 1.165) is 43.1 Å². The number of hydrazone groups is 1. The third-order valence-electron chi connectivity index (χ3n) is 6.68. The molecule has 0 spiro atoms. The summed E-state index contributed by atoms with van der Waals surface area (Å²) < 4.78 is 11.6. The molecule has 37 heavy (non-hydrogen) atoms. The van der Waals surface area contributed by atoms with E-state index in [1.807, 2.05) is 42.6 Å². The molecular formula is C32H33N3O2. The summed E-state index contributed by atoms with van der Waals surface area (Å²) in [7, 11) is 1.67. The van der Waals surface area contributed by atoms with Crippen LogP contribution in [0.1, 0.15) is 28.3 Å². The Kier molecular flexibility index (Phi) is 8.14. The molecule has 4 aromatic carbocycles. The molecule has 0 saturated carbocycles. The molecule has 0 aliphatic carbocycles. The molecule has 5 rings (SSSR count). The van der Waals surface area contributed by atoms with Crippen molar-refractivity contribution < 1.29 is 9.47 Å². The summed E-state index contributed by atoms with van der Waals surface area (Å²) in [5, 5.41) is 6.93. The van der Waals surface area contributed by atoms with Crippen molar-refractivity contribution >= 4 is 6.21 Å². The molecule has 188 valence electrons. The van der Waals surface area contributed by atoms with Crippen LogP contribution in [-0.2, 0) is 6.61 Å². The molecule has 0 radical (unpaired) electrons. The molecule has 5 heteroatoms. The topological polar surface area (TPSA) is 37.3 Å². The summed E-state index contributed by atoms with van der Waals surface area (Å²) in [6.07, 6.45) is 1.91. The number of methoxy groups -OCH3 is 1. The standard InChI is InChI=1S/C32H33N3O2/c1-36-31-23-27(17-18-30(31)37-25-26-11-5-2-6-12-26)24-33-35-21-19-34(20-22-35)32(28-13-7-3-8-14-28)29-15-9-4-10-16-29/h2-18,23-24,32H,19-22,25H2,1H3. The highest BCUT2D eigenvalue weighted by Crippen LogP contribution is 2.30. The van der Waals surface area contributed by atoms with Crippen molar-refractivity contribution in [3.63, 3.8) is 0 Å². The molecule has 1 aliphatic rings. The van der Waals surface area contributed by atoms with E-state index in [-0.39, 0.29) is 6.04 Å². The van der Waals surface area contributed by atoms with Gasteiger partial charge in [-0.3, -0.25) is 9.91 Å². The lowest BCUT2D eigenvalue weighted by Gasteiger charge is -2.38. The summed E-state index contributed by atoms with van der Waals surface area (Å²) in [4.78, 5) is 2.55. The number of ether oxygens (including phenoxy) is 2. The van der Waals surface area contributed by atoms with Gasteiger partial charge in [0.25, 0.3) is 0 Å². The van der Waals surface area contributed by atoms with Gasteiger partial charge in [-0.15, -0.1) is 0 Å². The minimum absolute atomic E-state index is 0.251. The lowest BCUT2D eigenvalue weighted by Crippen LogP contribution is -2.45. The third-order valence-corrected chi connectivity index (χ3v) is 6.68. The van der Waals surface area contributed by atoms with E-state index in [2.05, 4.69) is 82.7 Å². The van der Waals surface area contributed by atoms with Crippen LogP contribution in [0.25, 0.3) is 0 Å². The van der Waals surface area contributed by atoms with Crippen LogP contribution in [0.15, 0.2) is 114 Å². The first-order chi connectivity index (χ1) is 18.3. The Morgan fingerprint density at radius 2 is 1.32 bits per heavy atom. The molecular weight excluding hydrogens is 458 g/mol. The van der Waals surface area contributed by atoms with Crippen molar-refractivity contribution in [2.75, 3.05) is 33.3 Å². The maximum absolute atomic E-state index is 5.99. The van der Waals surface area contributed by atoms with Crippen LogP contribution < -0.4 is 9.47 Å². The molecule has 0 bridgehead atoms. The van der Waals surface area contributed by atoms with E-state index in [1.54, 1.807) is 7.11 Å². The van der Waals surface area contributed by atoms with Crippen LogP contribution in [0, 0.1) is 0 Å². The Hall–Kier alpha value is -4.09. The highest BCUT2D eigenvalue weighted by molar-refractivity contribution is 5.80. The SMILES string of the molecule is COc1cc(C=NN2CCN(C(c3ccccc3)c3ccccc3)CC2)ccc1OCc1ccccc1. The number of nitrogens with zero attached hydrogens (tertiary/aromatic N) is 3. The van der Waals surface area contributed by atoms with Crippen molar-refractivity contribution in [1.82, 2.24) is 9.91 Å². The molecule has 0 amide bonds. The number of hydrogen-bond donors (Lipinski definition) is 0. The highest BCUT2D eigenvalue weighted by Gasteiger charge is 2.25. The van der Waals surface area contributed by atoms with E-state index < -0.39 is 0 Å². The largest absolute Gasteiger partial charge is 0.493 e. The average molecular weight is 492 g/mol. The summed E-state index contributed by atoms with van der Waals surface area (Å²) in [5.74, 6) is 1.43. The molecule has 1 fully saturated rings. The third kappa shape index (κ3) is 6.38. The minimum atomic E-state index is 0.251. The van der Waals surface area contributed by atoms with Gasteiger partial charge in [0.2, 0.25) is 0 Å². The molecule has 0 N–H and O–H groups in total. The normalized spacial score (nSPS) is 14.3. The van der Waals surface area contributed by atoms with E-state index in [1.165, 1.54) is 11.1 Å². The summed E-state index contributed by atoms with van der Waals surface area (Å²) in [5.41, 5.74) is 4.76. The van der Waals surface area contributed by atoms with Gasteiger partial charge in [-0.2, -0.15) is 5.10 Å². The first-order valence-electron chi connectivity index (χ1n) is 12.8. The monoisotopic (exact) mass is 491 g/mol. The molecule has 5 nitrogen and oxygen atoms in total. The maximum Gasteiger partial charge on any atom is 0.161 e. The number of hydrogen-bond acceptors (Lipinski definition) is 5. The molecule has 1 aliphatic heterocycles. The lowest BCUT2D eigenvalue weighted by molar-refractivity contribution is 0.113. The summed E-state index contributed by atoms with van der Waals surface area (Å²) in [6, 6.07) is 37.9. The van der Waals surface area contributed by atoms with Crippen LogP contribution >= 0.6 is 0 Å². The number of piperazine rings is 1. The van der Waals surface area contributed by atoms with Crippen LogP contribution in [0.2, 0.25) is 0 Å². The van der Waals surface area contributed by atoms with E-state index in [9.17, 15) is 0 Å². The fourth-order valence-electron chi connectivity index (χ4n) is 4.74. The fraction of sp³-hybridized carbons (Fsp3) is 0.219. The van der Waals surface area contributed by atoms with Gasteiger partial charge in [0.15, 0.2) is 11.5 Å². The smallest absolute Gasteiger partial charge is 0.161 e. The van der Waals surface area contributed by atoms with Gasteiger partial charge in [0.05, 0.1) is 19.4 Å². The predicted octanol–water partition coefficient (Wildman–Crippen LogP) is 6.02. The zero-order valence-corrected chi connectivity index (χ0v) is 21.2. The first kappa shape index (κ1) is 24.6. The van der Waals surface area contributed by atoms with Crippen molar-refractivity contribution in [1.29, 1.82) is 0 Å². The van der Waals surface area contributed by atoms with Gasteiger partial charge < -0.3 is 9.47 Å². The molecule has 0 atom stereocenters. The number of benzene rings is 4. The summed E-state index contributed by atoms with van der Waals surface area (Å²) >= 11 is 0. The van der Waals surface area contributed by atoms with Crippen molar-refractivity contribution in [2.45, 2.75) is 12.6 Å². The van der Waals surface area contributed by atoms with Crippen molar-refractivity contribution in [2.24, 2.45) is 5.10 Å². The van der Waals surface area contributed by atoms with Crippen molar-refractivity contribution in [3.8, 4) is 11.5 Å². The molecule has 1 saturated heterocycles. The van der Waals surface area contributed by atoms with Crippen LogP contribution in [0.4, 0.5) is 0 Å². The Morgan fingerprint density at radius 1 is 0.730 bits per heavy atom. The second-order valence-electron chi connectivity index (χ2n) is 9.14. The van der Waals surface area contributed by atoms with Crippen LogP contribution in [0.5, 0.6) is 11.5 Å². The molecule has 0 unspecified atom stereocenters. The van der Waals surface area contributed by atoms with Crippen LogP contribution in [-0.4, -0.2) is 49.4 Å². The Morgan fingerprint density at radius 3 is 1.92 bits per heavy atom. The minimum Gasteiger partial charge on any atom is -0.493 e. The fourth-order valence-corrected chi connectivity index (χ4v) is 4.74. The first-order valence-corrected chi connectivity index (χ1v) is 12.8. The van der Waals surface area contributed by atoms with Gasteiger partial charge in [0, 0.05) is 26.2 Å². The lowest BCUT2D eigenvalue weighted by atomic mass is 9.96. The highest BCUT2D eigenvalue weighted by atomic mass is 16.5. The van der Waals surface area contributed by atoms with Crippen molar-refractivity contribution in [3.05, 3.63) is 131 Å². The second kappa shape index (κ2) is 12.2. The average Bonchev–Trinajstić information content (AvgIpc) is 2.97. The van der Waals surface area contributed by atoms with E-state index >= 15 is 0 Å². The second-order valence-corrected chi connectivity index (χ2v) is 9.14. The van der Waals surface area contributed by atoms with E-state index in [0.29, 0.717) is 12.4 Å². The Labute approximate surface area is 219 Å². The predicted molar refractivity (Wildman–Crippen MR) is 149 cm³/mol. The van der Waals surface area contributed by atoms with Gasteiger partial charge in [-0.1, -0.05) is 91.0 Å². The van der Waals surface area contributed by atoms with Gasteiger partial charge >= 0.3 is 0 Å². The zero-order valence-electron chi connectivity index (χ0n) is 21.2. The Balaban J connectivity index is 1.21. The quantitative estimate of drug-likeness (QED) is 0.269. The summed E-state index contributed by atoms with van der Waals surface area (Å²) in [6.45, 7) is 4.15. The molecule has 0 aromatic heterocycles. The molecule has 1 heterocycles. The van der Waals surface area contributed by atoms with Gasteiger partial charge in [0.1, 0.15) is 6.61 Å². The van der Waals surface area contributed by atoms with Gasteiger partial charge in [-0.25, -0.2) is 0 Å². The van der Waals surface area contributed by atoms with Gasteiger partial charge in [-0.05, 0) is 40.5 Å². The maximum atomic E-state index is 5.99. The van der Waals surface area contributed by atoms with Crippen LogP contribution in [0.3, 0.4) is 0 Å².